The van der Waals surface area contributed by atoms with E-state index in [1.807, 2.05) is 19.2 Å². The second-order valence-electron chi connectivity index (χ2n) is 3.61. The summed E-state index contributed by atoms with van der Waals surface area (Å²) in [5, 5.41) is 3.29. The van der Waals surface area contributed by atoms with Crippen molar-refractivity contribution in [3.63, 3.8) is 0 Å². The van der Waals surface area contributed by atoms with Crippen LogP contribution in [0.5, 0.6) is 0 Å². The van der Waals surface area contributed by atoms with Gasteiger partial charge in [-0.3, -0.25) is 0 Å². The third kappa shape index (κ3) is 2.76. The number of benzene rings is 1. The van der Waals surface area contributed by atoms with Gasteiger partial charge in [0.2, 0.25) is 0 Å². The third-order valence-corrected chi connectivity index (χ3v) is 3.85. The largest absolute Gasteiger partial charge is 0.452 e. The van der Waals surface area contributed by atoms with Crippen molar-refractivity contribution in [3.05, 3.63) is 52.4 Å². The van der Waals surface area contributed by atoms with E-state index >= 15 is 0 Å². The van der Waals surface area contributed by atoms with Gasteiger partial charge in [-0.15, -0.1) is 11.8 Å². The molecular formula is C13H14BrNOS. The SMILES string of the molecule is CNC(c1ccc(Br)o1)c1ccccc1SC. The molecule has 0 bridgehead atoms. The summed E-state index contributed by atoms with van der Waals surface area (Å²) in [6.07, 6.45) is 2.09. The molecule has 1 heterocycles. The van der Waals surface area contributed by atoms with Crippen molar-refractivity contribution >= 4 is 27.7 Å². The molecule has 2 nitrogen and oxygen atoms in total. The maximum atomic E-state index is 5.64. The highest BCUT2D eigenvalue weighted by atomic mass is 79.9. The standard InChI is InChI=1S/C13H14BrNOS/c1-15-13(10-7-8-12(14)16-10)9-5-3-4-6-11(9)17-2/h3-8,13,15H,1-2H3. The Morgan fingerprint density at radius 1 is 1.24 bits per heavy atom. The van der Waals surface area contributed by atoms with Crippen molar-refractivity contribution in [3.8, 4) is 0 Å². The van der Waals surface area contributed by atoms with Crippen molar-refractivity contribution in [2.45, 2.75) is 10.9 Å². The topological polar surface area (TPSA) is 25.2 Å². The predicted molar refractivity (Wildman–Crippen MR) is 75.5 cm³/mol. The minimum atomic E-state index is 0.0879. The van der Waals surface area contributed by atoms with Gasteiger partial charge in [-0.1, -0.05) is 18.2 Å². The number of hydrogen-bond donors (Lipinski definition) is 1. The highest BCUT2D eigenvalue weighted by molar-refractivity contribution is 9.10. The van der Waals surface area contributed by atoms with Crippen LogP contribution in [-0.4, -0.2) is 13.3 Å². The first-order valence-corrected chi connectivity index (χ1v) is 7.33. The minimum absolute atomic E-state index is 0.0879. The summed E-state index contributed by atoms with van der Waals surface area (Å²) in [5.41, 5.74) is 1.24. The molecule has 4 heteroatoms. The van der Waals surface area contributed by atoms with E-state index in [0.717, 1.165) is 10.4 Å². The molecular weight excluding hydrogens is 298 g/mol. The van der Waals surface area contributed by atoms with Crippen LogP contribution in [0, 0.1) is 0 Å². The first-order chi connectivity index (χ1) is 8.26. The minimum Gasteiger partial charge on any atom is -0.452 e. The molecule has 1 N–H and O–H groups in total. The highest BCUT2D eigenvalue weighted by Crippen LogP contribution is 2.31. The van der Waals surface area contributed by atoms with E-state index in [1.165, 1.54) is 10.5 Å². The van der Waals surface area contributed by atoms with Gasteiger partial charge in [0.1, 0.15) is 5.76 Å². The van der Waals surface area contributed by atoms with Crippen LogP contribution in [0.25, 0.3) is 0 Å². The molecule has 0 aliphatic rings. The number of furan rings is 1. The van der Waals surface area contributed by atoms with Crippen LogP contribution in [0.4, 0.5) is 0 Å². The van der Waals surface area contributed by atoms with Crippen molar-refractivity contribution in [1.82, 2.24) is 5.32 Å². The van der Waals surface area contributed by atoms with Gasteiger partial charge in [-0.05, 0) is 53.0 Å². The number of nitrogens with one attached hydrogen (secondary N) is 1. The number of thioether (sulfide) groups is 1. The molecule has 17 heavy (non-hydrogen) atoms. The lowest BCUT2D eigenvalue weighted by Gasteiger charge is -2.17. The van der Waals surface area contributed by atoms with Gasteiger partial charge < -0.3 is 9.73 Å². The predicted octanol–water partition coefficient (Wildman–Crippen LogP) is 4.07. The van der Waals surface area contributed by atoms with Crippen molar-refractivity contribution in [1.29, 1.82) is 0 Å². The summed E-state index contributed by atoms with van der Waals surface area (Å²) in [6.45, 7) is 0. The van der Waals surface area contributed by atoms with Gasteiger partial charge in [0.05, 0.1) is 6.04 Å². The summed E-state index contributed by atoms with van der Waals surface area (Å²) >= 11 is 5.09. The van der Waals surface area contributed by atoms with E-state index in [-0.39, 0.29) is 6.04 Å². The lowest BCUT2D eigenvalue weighted by atomic mass is 10.0. The van der Waals surface area contributed by atoms with Crippen LogP contribution in [0.15, 0.2) is 50.4 Å². The number of hydrogen-bond acceptors (Lipinski definition) is 3. The van der Waals surface area contributed by atoms with Crippen LogP contribution >= 0.6 is 27.7 Å². The molecule has 0 aliphatic carbocycles. The average Bonchev–Trinajstić information content (AvgIpc) is 2.77. The van der Waals surface area contributed by atoms with Gasteiger partial charge in [0.25, 0.3) is 0 Å². The molecule has 0 radical (unpaired) electrons. The van der Waals surface area contributed by atoms with E-state index in [9.17, 15) is 0 Å². The van der Waals surface area contributed by atoms with Crippen molar-refractivity contribution in [2.24, 2.45) is 0 Å². The van der Waals surface area contributed by atoms with E-state index in [2.05, 4.69) is 51.8 Å². The van der Waals surface area contributed by atoms with Gasteiger partial charge in [-0.2, -0.15) is 0 Å². The van der Waals surface area contributed by atoms with Crippen LogP contribution < -0.4 is 5.32 Å². The molecule has 90 valence electrons. The fourth-order valence-corrected chi connectivity index (χ4v) is 2.79. The molecule has 0 spiro atoms. The zero-order valence-corrected chi connectivity index (χ0v) is 12.1. The molecule has 1 atom stereocenters. The summed E-state index contributed by atoms with van der Waals surface area (Å²) in [6, 6.07) is 12.4. The molecule has 1 aromatic heterocycles. The van der Waals surface area contributed by atoms with Gasteiger partial charge in [0, 0.05) is 4.90 Å². The fraction of sp³-hybridized carbons (Fsp3) is 0.231. The normalized spacial score (nSPS) is 12.6. The maximum Gasteiger partial charge on any atom is 0.169 e. The maximum absolute atomic E-state index is 5.64. The highest BCUT2D eigenvalue weighted by Gasteiger charge is 2.18. The lowest BCUT2D eigenvalue weighted by Crippen LogP contribution is -2.17. The van der Waals surface area contributed by atoms with E-state index < -0.39 is 0 Å². The number of rotatable bonds is 4. The summed E-state index contributed by atoms with van der Waals surface area (Å²) in [4.78, 5) is 1.26. The van der Waals surface area contributed by atoms with Crippen LogP contribution in [0.1, 0.15) is 17.4 Å². The van der Waals surface area contributed by atoms with Crippen LogP contribution in [0.2, 0.25) is 0 Å². The first-order valence-electron chi connectivity index (χ1n) is 5.31. The quantitative estimate of drug-likeness (QED) is 0.862. The first kappa shape index (κ1) is 12.7. The second kappa shape index (κ2) is 5.76. The van der Waals surface area contributed by atoms with Crippen molar-refractivity contribution < 1.29 is 4.42 Å². The molecule has 2 rings (SSSR count). The van der Waals surface area contributed by atoms with E-state index in [4.69, 9.17) is 4.42 Å². The van der Waals surface area contributed by atoms with Crippen molar-refractivity contribution in [2.75, 3.05) is 13.3 Å². The molecule has 0 saturated heterocycles. The van der Waals surface area contributed by atoms with Crippen LogP contribution in [-0.2, 0) is 0 Å². The zero-order valence-electron chi connectivity index (χ0n) is 9.74. The van der Waals surface area contributed by atoms with Crippen LogP contribution in [0.3, 0.4) is 0 Å². The smallest absolute Gasteiger partial charge is 0.169 e. The third-order valence-electron chi connectivity index (χ3n) is 2.62. The Morgan fingerprint density at radius 3 is 2.59 bits per heavy atom. The summed E-state index contributed by atoms with van der Waals surface area (Å²) in [7, 11) is 1.94. The Labute approximate surface area is 114 Å². The summed E-state index contributed by atoms with van der Waals surface area (Å²) < 4.78 is 6.39. The average molecular weight is 312 g/mol. The van der Waals surface area contributed by atoms with E-state index in [0.29, 0.717) is 0 Å². The van der Waals surface area contributed by atoms with Gasteiger partial charge in [0.15, 0.2) is 4.67 Å². The Balaban J connectivity index is 2.41. The lowest BCUT2D eigenvalue weighted by molar-refractivity contribution is 0.445. The van der Waals surface area contributed by atoms with E-state index in [1.54, 1.807) is 11.8 Å². The second-order valence-corrected chi connectivity index (χ2v) is 5.24. The summed E-state index contributed by atoms with van der Waals surface area (Å²) in [5.74, 6) is 0.917. The monoisotopic (exact) mass is 311 g/mol. The molecule has 0 saturated carbocycles. The Morgan fingerprint density at radius 2 is 2.00 bits per heavy atom. The van der Waals surface area contributed by atoms with Gasteiger partial charge >= 0.3 is 0 Å². The molecule has 0 aliphatic heterocycles. The zero-order chi connectivity index (χ0) is 12.3. The molecule has 1 aromatic carbocycles. The Hall–Kier alpha value is -0.710. The molecule has 1 unspecified atom stereocenters. The fourth-order valence-electron chi connectivity index (χ4n) is 1.84. The Kier molecular flexibility index (Phi) is 4.31. The van der Waals surface area contributed by atoms with Gasteiger partial charge in [-0.25, -0.2) is 0 Å². The Bertz CT molecular complexity index is 498. The molecule has 2 aromatic rings. The number of halogens is 1. The molecule has 0 amide bonds. The molecule has 0 fully saturated rings.